The minimum absolute atomic E-state index is 0.0178. The molecule has 6 heteroatoms. The predicted octanol–water partition coefficient (Wildman–Crippen LogP) is 0.522. The van der Waals surface area contributed by atoms with E-state index in [9.17, 15) is 9.59 Å². The zero-order valence-electron chi connectivity index (χ0n) is 10.1. The zero-order valence-corrected chi connectivity index (χ0v) is 10.1. The Morgan fingerprint density at radius 2 is 1.89 bits per heavy atom. The van der Waals surface area contributed by atoms with Gasteiger partial charge in [0.25, 0.3) is 0 Å². The van der Waals surface area contributed by atoms with Crippen LogP contribution in [0.25, 0.3) is 0 Å². The molecule has 2 fully saturated rings. The van der Waals surface area contributed by atoms with Crippen LogP contribution in [0, 0.1) is 11.8 Å². The Kier molecular flexibility index (Phi) is 2.85. The highest BCUT2D eigenvalue weighted by atomic mass is 16.2. The smallest absolute Gasteiger partial charge is 0.233 e. The van der Waals surface area contributed by atoms with Gasteiger partial charge in [-0.15, -0.1) is 0 Å². The van der Waals surface area contributed by atoms with Crippen LogP contribution in [0.2, 0.25) is 0 Å². The summed E-state index contributed by atoms with van der Waals surface area (Å²) in [5, 5.41) is 6.50. The van der Waals surface area contributed by atoms with Crippen molar-refractivity contribution in [3.63, 3.8) is 0 Å². The molecule has 2 atom stereocenters. The van der Waals surface area contributed by atoms with E-state index in [-0.39, 0.29) is 23.7 Å². The Bertz CT molecular complexity index is 433. The molecule has 3 rings (SSSR count). The summed E-state index contributed by atoms with van der Waals surface area (Å²) in [6, 6.07) is 0. The molecule has 0 bridgehead atoms. The summed E-state index contributed by atoms with van der Waals surface area (Å²) in [4.78, 5) is 29.8. The molecule has 0 aromatic carbocycles. The second-order valence-corrected chi connectivity index (χ2v) is 5.01. The maximum atomic E-state index is 12.2. The highest BCUT2D eigenvalue weighted by molar-refractivity contribution is 6.05. The average Bonchev–Trinajstić information content (AvgIpc) is 2.98. The summed E-state index contributed by atoms with van der Waals surface area (Å²) < 4.78 is 0. The third kappa shape index (κ3) is 1.81. The van der Waals surface area contributed by atoms with E-state index in [0.717, 1.165) is 25.7 Å². The third-order valence-corrected chi connectivity index (χ3v) is 3.97. The first-order valence-electron chi connectivity index (χ1n) is 6.47. The van der Waals surface area contributed by atoms with Crippen LogP contribution in [0.5, 0.6) is 0 Å². The normalized spacial score (nSPS) is 27.7. The molecule has 1 aromatic rings. The van der Waals surface area contributed by atoms with E-state index in [1.807, 2.05) is 0 Å². The second-order valence-electron chi connectivity index (χ2n) is 5.01. The van der Waals surface area contributed by atoms with E-state index >= 15 is 0 Å². The number of carbonyl (C=O) groups excluding carboxylic acids is 2. The minimum Gasteiger partial charge on any atom is -0.282 e. The van der Waals surface area contributed by atoms with Gasteiger partial charge in [-0.25, -0.2) is 4.98 Å². The number of aromatic nitrogens is 3. The molecule has 1 saturated carbocycles. The lowest BCUT2D eigenvalue weighted by atomic mass is 9.81. The van der Waals surface area contributed by atoms with Crippen LogP contribution >= 0.6 is 0 Å². The molecular formula is C12H16N4O2. The van der Waals surface area contributed by atoms with Gasteiger partial charge in [0, 0.05) is 13.0 Å². The molecule has 18 heavy (non-hydrogen) atoms. The number of fused-ring (bicyclic) bond motifs is 1. The molecule has 2 unspecified atom stereocenters. The van der Waals surface area contributed by atoms with E-state index in [1.165, 1.54) is 11.2 Å². The first kappa shape index (κ1) is 11.4. The van der Waals surface area contributed by atoms with Crippen LogP contribution in [-0.4, -0.2) is 38.4 Å². The fourth-order valence-corrected chi connectivity index (χ4v) is 3.02. The fraction of sp³-hybridized carbons (Fsp3) is 0.667. The number of imide groups is 1. The van der Waals surface area contributed by atoms with Gasteiger partial charge in [0.1, 0.15) is 12.2 Å². The maximum absolute atomic E-state index is 12.2. The molecule has 1 aliphatic heterocycles. The summed E-state index contributed by atoms with van der Waals surface area (Å²) in [6.45, 7) is 0.417. The van der Waals surface area contributed by atoms with Gasteiger partial charge in [-0.3, -0.25) is 19.6 Å². The summed E-state index contributed by atoms with van der Waals surface area (Å²) in [5.74, 6) is 0.640. The lowest BCUT2D eigenvalue weighted by Gasteiger charge is -2.19. The lowest BCUT2D eigenvalue weighted by molar-refractivity contribution is -0.139. The van der Waals surface area contributed by atoms with Crippen molar-refractivity contribution in [2.75, 3.05) is 6.54 Å². The molecule has 1 aromatic heterocycles. The van der Waals surface area contributed by atoms with Crippen molar-refractivity contribution in [3.05, 3.63) is 12.2 Å². The van der Waals surface area contributed by atoms with Crippen LogP contribution in [0.3, 0.4) is 0 Å². The van der Waals surface area contributed by atoms with E-state index in [4.69, 9.17) is 0 Å². The van der Waals surface area contributed by atoms with Crippen LogP contribution in [-0.2, 0) is 16.0 Å². The molecule has 6 nitrogen and oxygen atoms in total. The van der Waals surface area contributed by atoms with E-state index < -0.39 is 0 Å². The lowest BCUT2D eigenvalue weighted by Crippen LogP contribution is -2.33. The highest BCUT2D eigenvalue weighted by Crippen LogP contribution is 2.37. The van der Waals surface area contributed by atoms with Crippen molar-refractivity contribution in [1.82, 2.24) is 20.1 Å². The molecule has 2 amide bonds. The predicted molar refractivity (Wildman–Crippen MR) is 62.3 cm³/mol. The molecule has 0 spiro atoms. The number of nitrogens with one attached hydrogen (secondary N) is 1. The van der Waals surface area contributed by atoms with Crippen LogP contribution in [0.1, 0.15) is 31.5 Å². The van der Waals surface area contributed by atoms with Gasteiger partial charge in [0.05, 0.1) is 11.8 Å². The van der Waals surface area contributed by atoms with Gasteiger partial charge < -0.3 is 0 Å². The number of carbonyl (C=O) groups is 2. The number of H-pyrrole nitrogens is 1. The van der Waals surface area contributed by atoms with Gasteiger partial charge >= 0.3 is 0 Å². The molecule has 1 aliphatic carbocycles. The molecule has 1 N–H and O–H groups in total. The summed E-state index contributed by atoms with van der Waals surface area (Å²) in [7, 11) is 0. The SMILES string of the molecule is O=C1C2CCCCC2C(=O)N1CCc1ncn[nH]1. The van der Waals surface area contributed by atoms with Gasteiger partial charge in [-0.05, 0) is 12.8 Å². The fourth-order valence-electron chi connectivity index (χ4n) is 3.02. The zero-order chi connectivity index (χ0) is 12.5. The number of likely N-dealkylation sites (tertiary alicyclic amines) is 1. The van der Waals surface area contributed by atoms with Gasteiger partial charge in [0.15, 0.2) is 0 Å². The number of aromatic amines is 1. The van der Waals surface area contributed by atoms with Crippen molar-refractivity contribution in [1.29, 1.82) is 0 Å². The van der Waals surface area contributed by atoms with E-state index in [2.05, 4.69) is 15.2 Å². The summed E-state index contributed by atoms with van der Waals surface area (Å²) in [5.41, 5.74) is 0. The number of hydrogen-bond acceptors (Lipinski definition) is 4. The first-order valence-corrected chi connectivity index (χ1v) is 6.47. The maximum Gasteiger partial charge on any atom is 0.233 e. The topological polar surface area (TPSA) is 79.0 Å². The molecule has 1 saturated heterocycles. The quantitative estimate of drug-likeness (QED) is 0.791. The van der Waals surface area contributed by atoms with Crippen molar-refractivity contribution in [2.24, 2.45) is 11.8 Å². The number of hydrogen-bond donors (Lipinski definition) is 1. The minimum atomic E-state index is -0.0547. The first-order chi connectivity index (χ1) is 8.77. The van der Waals surface area contributed by atoms with Gasteiger partial charge in [0.2, 0.25) is 11.8 Å². The van der Waals surface area contributed by atoms with E-state index in [0.29, 0.717) is 18.8 Å². The standard InChI is InChI=1S/C12H16N4O2/c17-11-8-3-1-2-4-9(8)12(18)16(11)6-5-10-13-7-14-15-10/h7-9H,1-6H2,(H,13,14,15). The Morgan fingerprint density at radius 1 is 1.22 bits per heavy atom. The van der Waals surface area contributed by atoms with Crippen molar-refractivity contribution in [3.8, 4) is 0 Å². The molecular weight excluding hydrogens is 232 g/mol. The van der Waals surface area contributed by atoms with Crippen molar-refractivity contribution >= 4 is 11.8 Å². The molecule has 0 radical (unpaired) electrons. The number of nitrogens with zero attached hydrogens (tertiary/aromatic N) is 3. The van der Waals surface area contributed by atoms with E-state index in [1.54, 1.807) is 0 Å². The highest BCUT2D eigenvalue weighted by Gasteiger charge is 2.47. The number of amides is 2. The molecule has 2 heterocycles. The second kappa shape index (κ2) is 4.51. The van der Waals surface area contributed by atoms with Gasteiger partial charge in [-0.2, -0.15) is 5.10 Å². The molecule has 2 aliphatic rings. The van der Waals surface area contributed by atoms with Crippen LogP contribution in [0.15, 0.2) is 6.33 Å². The number of rotatable bonds is 3. The van der Waals surface area contributed by atoms with Crippen LogP contribution in [0.4, 0.5) is 0 Å². The average molecular weight is 248 g/mol. The third-order valence-electron chi connectivity index (χ3n) is 3.97. The van der Waals surface area contributed by atoms with Crippen molar-refractivity contribution < 1.29 is 9.59 Å². The monoisotopic (exact) mass is 248 g/mol. The summed E-state index contributed by atoms with van der Waals surface area (Å²) in [6.07, 6.45) is 5.86. The Hall–Kier alpha value is -1.72. The Balaban J connectivity index is 1.68. The Labute approximate surface area is 105 Å². The Morgan fingerprint density at radius 3 is 2.44 bits per heavy atom. The summed E-state index contributed by atoms with van der Waals surface area (Å²) >= 11 is 0. The van der Waals surface area contributed by atoms with Crippen molar-refractivity contribution in [2.45, 2.75) is 32.1 Å². The molecule has 96 valence electrons. The van der Waals surface area contributed by atoms with Crippen LogP contribution < -0.4 is 0 Å². The van der Waals surface area contributed by atoms with Gasteiger partial charge in [-0.1, -0.05) is 12.8 Å². The largest absolute Gasteiger partial charge is 0.282 e.